The molecule has 1 aliphatic rings. The number of aromatic nitrogens is 5. The minimum absolute atomic E-state index is 0.664. The lowest BCUT2D eigenvalue weighted by Crippen LogP contribution is -2.23. The fourth-order valence-corrected chi connectivity index (χ4v) is 11.8. The summed E-state index contributed by atoms with van der Waals surface area (Å²) in [6.07, 6.45) is 5.78. The van der Waals surface area contributed by atoms with Gasteiger partial charge in [-0.25, -0.2) is 4.98 Å². The molecule has 0 spiro atoms. The highest BCUT2D eigenvalue weighted by molar-refractivity contribution is 6.13. The van der Waals surface area contributed by atoms with Crippen molar-refractivity contribution in [1.29, 1.82) is 0 Å². The van der Waals surface area contributed by atoms with Gasteiger partial charge in [0.15, 0.2) is 0 Å². The van der Waals surface area contributed by atoms with Crippen LogP contribution in [0.15, 0.2) is 243 Å². The number of para-hydroxylation sites is 7. The zero-order valence-corrected chi connectivity index (χ0v) is 40.3. The summed E-state index contributed by atoms with van der Waals surface area (Å²) >= 11 is 0. The van der Waals surface area contributed by atoms with E-state index in [1.165, 1.54) is 21.5 Å². The van der Waals surface area contributed by atoms with E-state index in [2.05, 4.69) is 260 Å². The first-order valence-corrected chi connectivity index (χ1v) is 25.1. The number of aryl methyl sites for hydroxylation is 1. The van der Waals surface area contributed by atoms with Gasteiger partial charge in [0.1, 0.15) is 24.0 Å². The maximum absolute atomic E-state index is 6.81. The monoisotopic (exact) mass is 951 g/mol. The van der Waals surface area contributed by atoms with Crippen LogP contribution >= 0.6 is 0 Å². The number of fused-ring (bicyclic) bond motifs is 10. The molecule has 5 aromatic heterocycles. The largest absolute Gasteiger partial charge is 0.457 e. The first kappa shape index (κ1) is 41.8. The Bertz CT molecular complexity index is 4310. The Hall–Kier alpha value is -9.92. The van der Waals surface area contributed by atoms with Crippen LogP contribution in [0.3, 0.4) is 0 Å². The van der Waals surface area contributed by atoms with Crippen LogP contribution in [0.4, 0.5) is 22.7 Å². The van der Waals surface area contributed by atoms with E-state index in [9.17, 15) is 0 Å². The molecule has 350 valence electrons. The molecule has 8 heteroatoms. The van der Waals surface area contributed by atoms with E-state index in [-0.39, 0.29) is 0 Å². The molecule has 0 N–H and O–H groups in total. The van der Waals surface area contributed by atoms with E-state index in [1.807, 2.05) is 18.5 Å². The normalized spacial score (nSPS) is 12.6. The van der Waals surface area contributed by atoms with Crippen molar-refractivity contribution in [3.8, 4) is 39.8 Å². The Balaban J connectivity index is 0.872. The van der Waals surface area contributed by atoms with Crippen LogP contribution in [0.5, 0.6) is 11.5 Å². The van der Waals surface area contributed by atoms with Crippen LogP contribution in [-0.4, -0.2) is 30.3 Å². The number of rotatable bonds is 8. The van der Waals surface area contributed by atoms with Gasteiger partial charge >= 0.3 is 0 Å². The number of pyridine rings is 2. The van der Waals surface area contributed by atoms with E-state index >= 15 is 0 Å². The van der Waals surface area contributed by atoms with Crippen LogP contribution in [-0.2, 0) is 0 Å². The van der Waals surface area contributed by atoms with Crippen molar-refractivity contribution >= 4 is 88.2 Å². The molecular formula is C66H45N7O. The number of ether oxygens (including phenoxy) is 1. The second-order valence-corrected chi connectivity index (χ2v) is 19.1. The van der Waals surface area contributed by atoms with Crippen molar-refractivity contribution in [3.05, 3.63) is 249 Å². The molecule has 0 saturated heterocycles. The Morgan fingerprint density at radius 2 is 0.838 bits per heavy atom. The van der Waals surface area contributed by atoms with Gasteiger partial charge in [0.2, 0.25) is 0 Å². The average Bonchev–Trinajstić information content (AvgIpc) is 4.21. The van der Waals surface area contributed by atoms with Crippen LogP contribution in [0, 0.1) is 6.92 Å². The van der Waals surface area contributed by atoms with Gasteiger partial charge in [-0.2, -0.15) is 0 Å². The molecule has 0 atom stereocenters. The molecule has 0 aliphatic carbocycles. The predicted octanol–water partition coefficient (Wildman–Crippen LogP) is 16.8. The number of benzene rings is 9. The third-order valence-corrected chi connectivity index (χ3v) is 15.0. The molecule has 0 bridgehead atoms. The van der Waals surface area contributed by atoms with E-state index in [0.29, 0.717) is 6.67 Å². The first-order chi connectivity index (χ1) is 36.6. The standard InChI is InChI=1S/C66H45N7O/c1-43-38-65(73-59-27-11-6-22-52(59)53-33-32-47(40-64(53)73)74-46-17-14-16-45(39-46)70-42-69(44-34-36-67-37-35-44)60-28-12-13-29-61(60)70)68-41-54(43)66-62(71-55-23-7-2-18-48(55)49-19-3-8-24-56(49)71)30-15-31-63(66)72-57-25-9-4-20-50(57)51-21-5-10-26-58(51)72/h2-41H,42H2,1H3. The quantitative estimate of drug-likeness (QED) is 0.152. The third kappa shape index (κ3) is 6.41. The van der Waals surface area contributed by atoms with Gasteiger partial charge in [-0.05, 0) is 110 Å². The van der Waals surface area contributed by atoms with Gasteiger partial charge in [-0.15, -0.1) is 0 Å². The fraction of sp³-hybridized carbons (Fsp3) is 0.0303. The second kappa shape index (κ2) is 16.6. The highest BCUT2D eigenvalue weighted by Gasteiger charge is 2.29. The summed E-state index contributed by atoms with van der Waals surface area (Å²) in [7, 11) is 0. The number of anilines is 4. The molecular weight excluding hydrogens is 907 g/mol. The molecule has 1 aliphatic heterocycles. The lowest BCUT2D eigenvalue weighted by atomic mass is 9.98. The lowest BCUT2D eigenvalue weighted by Gasteiger charge is -2.22. The Morgan fingerprint density at radius 1 is 0.378 bits per heavy atom. The van der Waals surface area contributed by atoms with Crippen molar-refractivity contribution in [2.24, 2.45) is 0 Å². The summed E-state index contributed by atoms with van der Waals surface area (Å²) in [6.45, 7) is 2.89. The highest BCUT2D eigenvalue weighted by atomic mass is 16.5. The Morgan fingerprint density at radius 3 is 1.39 bits per heavy atom. The molecule has 0 amide bonds. The Kier molecular flexibility index (Phi) is 9.37. The van der Waals surface area contributed by atoms with Gasteiger partial charge in [0.05, 0.1) is 55.8 Å². The van der Waals surface area contributed by atoms with Crippen LogP contribution in [0.1, 0.15) is 5.56 Å². The number of hydrogen-bond donors (Lipinski definition) is 0. The summed E-state index contributed by atoms with van der Waals surface area (Å²) in [5, 5.41) is 7.14. The molecule has 6 heterocycles. The molecule has 8 nitrogen and oxygen atoms in total. The molecule has 0 saturated carbocycles. The van der Waals surface area contributed by atoms with Crippen LogP contribution in [0.25, 0.3) is 93.7 Å². The van der Waals surface area contributed by atoms with E-state index in [4.69, 9.17) is 9.72 Å². The summed E-state index contributed by atoms with van der Waals surface area (Å²) in [4.78, 5) is 14.4. The number of nitrogens with zero attached hydrogens (tertiary/aromatic N) is 7. The molecule has 74 heavy (non-hydrogen) atoms. The molecule has 14 aromatic rings. The minimum Gasteiger partial charge on any atom is -0.457 e. The molecule has 9 aromatic carbocycles. The second-order valence-electron chi connectivity index (χ2n) is 19.1. The molecule has 0 fully saturated rings. The van der Waals surface area contributed by atoms with E-state index in [0.717, 1.165) is 112 Å². The van der Waals surface area contributed by atoms with Crippen molar-refractivity contribution in [2.45, 2.75) is 6.92 Å². The third-order valence-electron chi connectivity index (χ3n) is 15.0. The predicted molar refractivity (Wildman–Crippen MR) is 304 cm³/mol. The van der Waals surface area contributed by atoms with E-state index < -0.39 is 0 Å². The molecule has 15 rings (SSSR count). The summed E-state index contributed by atoms with van der Waals surface area (Å²) in [6, 6.07) is 80.0. The van der Waals surface area contributed by atoms with Crippen molar-refractivity contribution < 1.29 is 4.74 Å². The van der Waals surface area contributed by atoms with Crippen molar-refractivity contribution in [2.75, 3.05) is 16.5 Å². The van der Waals surface area contributed by atoms with Crippen LogP contribution < -0.4 is 14.5 Å². The molecule has 0 unspecified atom stereocenters. The fourth-order valence-electron chi connectivity index (χ4n) is 11.8. The van der Waals surface area contributed by atoms with Gasteiger partial charge in [0, 0.05) is 85.5 Å². The maximum Gasteiger partial charge on any atom is 0.137 e. The lowest BCUT2D eigenvalue weighted by molar-refractivity contribution is 0.483. The zero-order chi connectivity index (χ0) is 48.9. The average molecular weight is 952 g/mol. The van der Waals surface area contributed by atoms with Gasteiger partial charge in [0.25, 0.3) is 0 Å². The first-order valence-electron chi connectivity index (χ1n) is 25.1. The molecule has 0 radical (unpaired) electrons. The van der Waals surface area contributed by atoms with E-state index in [1.54, 1.807) is 0 Å². The minimum atomic E-state index is 0.664. The SMILES string of the molecule is Cc1cc(-n2c3ccccc3c3ccc(Oc4cccc(N5CN(c6ccncc6)c6ccccc65)c4)cc32)ncc1-c1c(-n2c3ccccc3c3ccccc32)cccc1-n1c2ccccc2c2ccccc21. The number of hydrogen-bond acceptors (Lipinski definition) is 5. The topological polar surface area (TPSA) is 56.3 Å². The van der Waals surface area contributed by atoms with Crippen molar-refractivity contribution in [3.63, 3.8) is 0 Å². The summed E-state index contributed by atoms with van der Waals surface area (Å²) in [5.41, 5.74) is 16.6. The van der Waals surface area contributed by atoms with Gasteiger partial charge in [-0.1, -0.05) is 115 Å². The van der Waals surface area contributed by atoms with Gasteiger partial charge in [-0.3, -0.25) is 9.55 Å². The zero-order valence-electron chi connectivity index (χ0n) is 40.3. The van der Waals surface area contributed by atoms with Crippen LogP contribution in [0.2, 0.25) is 0 Å². The van der Waals surface area contributed by atoms with Crippen molar-refractivity contribution in [1.82, 2.24) is 23.7 Å². The summed E-state index contributed by atoms with van der Waals surface area (Å²) < 4.78 is 14.0. The Labute approximate surface area is 426 Å². The highest BCUT2D eigenvalue weighted by Crippen LogP contribution is 2.46. The maximum atomic E-state index is 6.81. The summed E-state index contributed by atoms with van der Waals surface area (Å²) in [5.74, 6) is 2.32. The smallest absolute Gasteiger partial charge is 0.137 e. The van der Waals surface area contributed by atoms with Gasteiger partial charge < -0.3 is 23.7 Å².